The van der Waals surface area contributed by atoms with Crippen molar-refractivity contribution in [2.45, 2.75) is 28.2 Å². The van der Waals surface area contributed by atoms with Crippen molar-refractivity contribution < 1.29 is 43.9 Å². The van der Waals surface area contributed by atoms with Crippen molar-refractivity contribution in [3.8, 4) is 11.1 Å². The first kappa shape index (κ1) is 24.3. The Morgan fingerprint density at radius 3 is 1.83 bits per heavy atom. The molecule has 0 spiro atoms. The third-order valence-electron chi connectivity index (χ3n) is 3.52. The van der Waals surface area contributed by atoms with Crippen molar-refractivity contribution in [3.05, 3.63) is 51.2 Å². The maximum atomic E-state index is 14.1. The number of halogens is 12. The lowest BCUT2D eigenvalue weighted by molar-refractivity contribution is -0.381. The molecule has 0 radical (unpaired) electrons. The molecule has 0 atom stereocenters. The lowest BCUT2D eigenvalue weighted by Gasteiger charge is -2.33. The summed E-state index contributed by atoms with van der Waals surface area (Å²) in [5.41, 5.74) is -0.793. The van der Waals surface area contributed by atoms with Crippen LogP contribution in [0.5, 0.6) is 0 Å². The maximum absolute atomic E-state index is 14.1. The van der Waals surface area contributed by atoms with Gasteiger partial charge in [-0.1, -0.05) is 50.1 Å². The first-order valence-corrected chi connectivity index (χ1v) is 9.56. The van der Waals surface area contributed by atoms with E-state index < -0.39 is 51.3 Å². The number of thioether (sulfide) groups is 1. The summed E-state index contributed by atoms with van der Waals surface area (Å²) in [5, 5.41) is -5.91. The molecular formula is C16H6Br2F10S. The number of hydrogen-bond donors (Lipinski definition) is 0. The van der Waals surface area contributed by atoms with Gasteiger partial charge < -0.3 is 0 Å². The smallest absolute Gasteiger partial charge is 0.206 e. The fourth-order valence-electron chi connectivity index (χ4n) is 2.12. The van der Waals surface area contributed by atoms with Crippen LogP contribution >= 0.6 is 43.6 Å². The molecule has 0 unspecified atom stereocenters. The lowest BCUT2D eigenvalue weighted by atomic mass is 10.1. The molecule has 0 amide bonds. The van der Waals surface area contributed by atoms with Crippen molar-refractivity contribution in [1.29, 1.82) is 0 Å². The van der Waals surface area contributed by atoms with Gasteiger partial charge in [-0.3, -0.25) is 0 Å². The predicted molar refractivity (Wildman–Crippen MR) is 94.0 cm³/mol. The molecule has 0 aliphatic rings. The summed E-state index contributed by atoms with van der Waals surface area (Å²) in [4.78, 5) is -0.862. The van der Waals surface area contributed by atoms with Crippen molar-refractivity contribution in [2.75, 3.05) is 0 Å². The minimum absolute atomic E-state index is 0.00587. The lowest BCUT2D eigenvalue weighted by Crippen LogP contribution is -2.59. The van der Waals surface area contributed by atoms with Crippen molar-refractivity contribution >= 4 is 43.6 Å². The zero-order chi connectivity index (χ0) is 22.4. The molecule has 0 bridgehead atoms. The Morgan fingerprint density at radius 1 is 0.759 bits per heavy atom. The van der Waals surface area contributed by atoms with Crippen LogP contribution in [0.2, 0.25) is 0 Å². The summed E-state index contributed by atoms with van der Waals surface area (Å²) in [6, 6.07) is 6.53. The minimum Gasteiger partial charge on any atom is -0.206 e. The molecule has 0 aliphatic heterocycles. The number of benzene rings is 2. The highest BCUT2D eigenvalue weighted by atomic mass is 79.9. The third-order valence-corrected chi connectivity index (χ3v) is 5.65. The molecule has 0 nitrogen and oxygen atoms in total. The molecule has 0 saturated heterocycles. The van der Waals surface area contributed by atoms with Crippen LogP contribution in [0.1, 0.15) is 0 Å². The highest BCUT2D eigenvalue weighted by molar-refractivity contribution is 9.11. The van der Waals surface area contributed by atoms with Gasteiger partial charge >= 0.3 is 23.3 Å². The van der Waals surface area contributed by atoms with Gasteiger partial charge in [0.2, 0.25) is 0 Å². The number of rotatable bonds is 5. The van der Waals surface area contributed by atoms with Crippen LogP contribution in [0.4, 0.5) is 43.9 Å². The topological polar surface area (TPSA) is 0 Å². The van der Waals surface area contributed by atoms with E-state index in [2.05, 4.69) is 31.9 Å². The monoisotopic (exact) mass is 578 g/mol. The Bertz CT molecular complexity index is 911. The van der Waals surface area contributed by atoms with E-state index in [1.54, 1.807) is 0 Å². The molecular weight excluding hydrogens is 574 g/mol. The van der Waals surface area contributed by atoms with Gasteiger partial charge in [0.05, 0.1) is 0 Å². The standard InChI is InChI=1S/C16H6Br2F10S/c17-7-5-9(18)12(8-3-1-2-4-10(8)19)11(6-7)29-16(27,28)14(22,23)13(20,21)15(24,25)26/h1-6H. The highest BCUT2D eigenvalue weighted by Crippen LogP contribution is 2.59. The van der Waals surface area contributed by atoms with Gasteiger partial charge in [-0.05, 0) is 30.0 Å². The summed E-state index contributed by atoms with van der Waals surface area (Å²) in [7, 11) is 0. The third kappa shape index (κ3) is 4.41. The first-order valence-electron chi connectivity index (χ1n) is 7.16. The Morgan fingerprint density at radius 2 is 1.31 bits per heavy atom. The average molecular weight is 580 g/mol. The molecule has 13 heteroatoms. The van der Waals surface area contributed by atoms with Crippen LogP contribution < -0.4 is 0 Å². The number of hydrogen-bond acceptors (Lipinski definition) is 1. The average Bonchev–Trinajstić information content (AvgIpc) is 2.54. The second kappa shape index (κ2) is 7.95. The van der Waals surface area contributed by atoms with E-state index in [4.69, 9.17) is 0 Å². The molecule has 0 aliphatic carbocycles. The maximum Gasteiger partial charge on any atom is 0.460 e. The van der Waals surface area contributed by atoms with E-state index in [-0.39, 0.29) is 14.5 Å². The SMILES string of the molecule is Fc1ccccc1-c1c(Br)cc(Br)cc1SC(F)(F)C(F)(F)C(F)(F)C(F)(F)F. The van der Waals surface area contributed by atoms with Gasteiger partial charge in [-0.15, -0.1) is 0 Å². The van der Waals surface area contributed by atoms with E-state index in [1.165, 1.54) is 18.2 Å². The Labute approximate surface area is 177 Å². The van der Waals surface area contributed by atoms with Crippen LogP contribution in [0, 0.1) is 5.82 Å². The van der Waals surface area contributed by atoms with Gasteiger partial charge in [-0.25, -0.2) is 4.39 Å². The van der Waals surface area contributed by atoms with Crippen LogP contribution in [0.3, 0.4) is 0 Å². The second-order valence-electron chi connectivity index (χ2n) is 5.51. The van der Waals surface area contributed by atoms with Gasteiger partial charge in [0.25, 0.3) is 0 Å². The fraction of sp³-hybridized carbons (Fsp3) is 0.250. The quantitative estimate of drug-likeness (QED) is 0.253. The molecule has 160 valence electrons. The van der Waals surface area contributed by atoms with Gasteiger partial charge in [0.15, 0.2) is 0 Å². The summed E-state index contributed by atoms with van der Waals surface area (Å²) >= 11 is 4.56. The molecule has 29 heavy (non-hydrogen) atoms. The fourth-order valence-corrected chi connectivity index (χ4v) is 4.88. The first-order chi connectivity index (χ1) is 13.0. The van der Waals surface area contributed by atoms with Crippen molar-refractivity contribution in [1.82, 2.24) is 0 Å². The molecule has 0 fully saturated rings. The molecule has 2 rings (SSSR count). The van der Waals surface area contributed by atoms with E-state index in [0.29, 0.717) is 0 Å². The Balaban J connectivity index is 2.63. The van der Waals surface area contributed by atoms with Crippen LogP contribution in [0.15, 0.2) is 50.2 Å². The molecule has 2 aromatic carbocycles. The van der Waals surface area contributed by atoms with Crippen molar-refractivity contribution in [2.24, 2.45) is 0 Å². The van der Waals surface area contributed by atoms with Gasteiger partial charge in [0.1, 0.15) is 5.82 Å². The molecule has 0 aromatic heterocycles. The predicted octanol–water partition coefficient (Wildman–Crippen LogP) is 8.54. The summed E-state index contributed by atoms with van der Waals surface area (Å²) in [6.07, 6.45) is -6.92. The summed E-state index contributed by atoms with van der Waals surface area (Å²) in [6.45, 7) is 0. The Kier molecular flexibility index (Phi) is 6.67. The minimum atomic E-state index is -7.02. The van der Waals surface area contributed by atoms with Crippen LogP contribution in [-0.4, -0.2) is 23.3 Å². The van der Waals surface area contributed by atoms with E-state index in [0.717, 1.165) is 18.2 Å². The Hall–Kier alpha value is -0.950. The molecule has 0 heterocycles. The summed E-state index contributed by atoms with van der Waals surface area (Å²) < 4.78 is 133. The van der Waals surface area contributed by atoms with Gasteiger partial charge in [-0.2, -0.15) is 39.5 Å². The summed E-state index contributed by atoms with van der Waals surface area (Å²) in [5.74, 6) is -14.8. The highest BCUT2D eigenvalue weighted by Gasteiger charge is 2.82. The molecule has 2 aromatic rings. The van der Waals surface area contributed by atoms with E-state index in [1.807, 2.05) is 0 Å². The molecule has 0 saturated carbocycles. The van der Waals surface area contributed by atoms with E-state index in [9.17, 15) is 43.9 Å². The van der Waals surface area contributed by atoms with Crippen molar-refractivity contribution in [3.63, 3.8) is 0 Å². The van der Waals surface area contributed by atoms with Crippen LogP contribution in [0.25, 0.3) is 11.1 Å². The number of alkyl halides is 9. The second-order valence-corrected chi connectivity index (χ2v) is 8.43. The van der Waals surface area contributed by atoms with E-state index >= 15 is 0 Å². The van der Waals surface area contributed by atoms with Crippen LogP contribution in [-0.2, 0) is 0 Å². The zero-order valence-electron chi connectivity index (χ0n) is 13.4. The molecule has 0 N–H and O–H groups in total. The largest absolute Gasteiger partial charge is 0.460 e. The normalized spacial score (nSPS) is 13.7. The van der Waals surface area contributed by atoms with Gasteiger partial charge in [0, 0.05) is 25.0 Å². The zero-order valence-corrected chi connectivity index (χ0v) is 17.4.